The van der Waals surface area contributed by atoms with Gasteiger partial charge in [0.1, 0.15) is 17.0 Å². The van der Waals surface area contributed by atoms with Crippen molar-refractivity contribution in [2.45, 2.75) is 19.8 Å². The summed E-state index contributed by atoms with van der Waals surface area (Å²) in [6.45, 7) is 4.14. The first-order valence-corrected chi connectivity index (χ1v) is 9.26. The van der Waals surface area contributed by atoms with Gasteiger partial charge in [-0.1, -0.05) is 19.1 Å². The van der Waals surface area contributed by atoms with Crippen molar-refractivity contribution in [2.24, 2.45) is 0 Å². The highest BCUT2D eigenvalue weighted by molar-refractivity contribution is 7.18. The molecule has 112 valence electrons. The predicted octanol–water partition coefficient (Wildman–Crippen LogP) is 4.61. The summed E-state index contributed by atoms with van der Waals surface area (Å²) in [4.78, 5) is 15.2. The first-order chi connectivity index (χ1) is 10.8. The number of thiophene rings is 2. The Morgan fingerprint density at radius 3 is 3.00 bits per heavy atom. The molecule has 1 aliphatic rings. The molecule has 0 saturated heterocycles. The Hall–Kier alpha value is -1.72. The Morgan fingerprint density at radius 1 is 1.32 bits per heavy atom. The molecule has 0 saturated carbocycles. The lowest BCUT2D eigenvalue weighted by Gasteiger charge is -2.27. The van der Waals surface area contributed by atoms with Crippen molar-refractivity contribution in [3.63, 3.8) is 0 Å². The molecule has 0 aliphatic carbocycles. The molecule has 0 atom stereocenters. The quantitative estimate of drug-likeness (QED) is 0.703. The van der Waals surface area contributed by atoms with Crippen LogP contribution in [0.15, 0.2) is 36.0 Å². The lowest BCUT2D eigenvalue weighted by Crippen LogP contribution is -2.29. The number of hydrogen-bond donors (Lipinski definition) is 0. The molecular formula is C17H17N3S2. The number of aromatic nitrogens is 2. The molecule has 0 spiro atoms. The molecule has 4 heterocycles. The van der Waals surface area contributed by atoms with E-state index in [-0.39, 0.29) is 0 Å². The van der Waals surface area contributed by atoms with Crippen LogP contribution in [0.1, 0.15) is 23.1 Å². The summed E-state index contributed by atoms with van der Waals surface area (Å²) in [6, 6.07) is 6.59. The van der Waals surface area contributed by atoms with Crippen LogP contribution >= 0.6 is 22.7 Å². The molecule has 3 aromatic rings. The van der Waals surface area contributed by atoms with Crippen LogP contribution < -0.4 is 4.90 Å². The monoisotopic (exact) mass is 327 g/mol. The summed E-state index contributed by atoms with van der Waals surface area (Å²) in [5, 5.41) is 3.35. The summed E-state index contributed by atoms with van der Waals surface area (Å²) < 4.78 is 0. The average Bonchev–Trinajstić information content (AvgIpc) is 3.23. The number of nitrogens with zero attached hydrogens (tertiary/aromatic N) is 3. The highest BCUT2D eigenvalue weighted by atomic mass is 32.1. The SMILES string of the molecule is CCc1cc2c(N3CC=C(c4cccs4)CC3)ncnc2s1. The standard InChI is InChI=1S/C17H17N3S2/c1-2-13-10-14-16(18-11-19-17(14)22-13)20-7-5-12(6-8-20)15-4-3-9-21-15/h3-5,9-11H,2,6-8H2,1H3. The Bertz CT molecular complexity index is 818. The van der Waals surface area contributed by atoms with Crippen LogP contribution in [0.2, 0.25) is 0 Å². The minimum Gasteiger partial charge on any atom is -0.352 e. The number of fused-ring (bicyclic) bond motifs is 1. The molecule has 0 radical (unpaired) electrons. The number of rotatable bonds is 3. The maximum Gasteiger partial charge on any atom is 0.141 e. The van der Waals surface area contributed by atoms with E-state index in [0.717, 1.165) is 36.6 Å². The predicted molar refractivity (Wildman–Crippen MR) is 95.9 cm³/mol. The number of aryl methyl sites for hydroxylation is 1. The molecule has 0 N–H and O–H groups in total. The molecule has 22 heavy (non-hydrogen) atoms. The van der Waals surface area contributed by atoms with E-state index in [2.05, 4.69) is 51.4 Å². The molecule has 0 amide bonds. The van der Waals surface area contributed by atoms with E-state index in [1.165, 1.54) is 20.7 Å². The zero-order chi connectivity index (χ0) is 14.9. The Labute approximate surface area is 138 Å². The smallest absolute Gasteiger partial charge is 0.141 e. The first kappa shape index (κ1) is 13.9. The third kappa shape index (κ3) is 2.44. The van der Waals surface area contributed by atoms with Crippen molar-refractivity contribution in [1.29, 1.82) is 0 Å². The van der Waals surface area contributed by atoms with Crippen LogP contribution in [-0.2, 0) is 6.42 Å². The van der Waals surface area contributed by atoms with Gasteiger partial charge in [-0.15, -0.1) is 22.7 Å². The van der Waals surface area contributed by atoms with Crippen molar-refractivity contribution in [3.05, 3.63) is 45.7 Å². The maximum absolute atomic E-state index is 4.56. The van der Waals surface area contributed by atoms with Crippen molar-refractivity contribution in [3.8, 4) is 0 Å². The Balaban J connectivity index is 1.65. The van der Waals surface area contributed by atoms with Gasteiger partial charge in [0, 0.05) is 22.8 Å². The van der Waals surface area contributed by atoms with Crippen molar-refractivity contribution in [2.75, 3.05) is 18.0 Å². The van der Waals surface area contributed by atoms with Crippen LogP contribution in [0.3, 0.4) is 0 Å². The maximum atomic E-state index is 4.56. The topological polar surface area (TPSA) is 29.0 Å². The fourth-order valence-electron chi connectivity index (χ4n) is 2.87. The van der Waals surface area contributed by atoms with E-state index in [4.69, 9.17) is 0 Å². The van der Waals surface area contributed by atoms with Gasteiger partial charge in [0.15, 0.2) is 0 Å². The Morgan fingerprint density at radius 2 is 2.27 bits per heavy atom. The highest BCUT2D eigenvalue weighted by Gasteiger charge is 2.18. The van der Waals surface area contributed by atoms with Crippen molar-refractivity contribution in [1.82, 2.24) is 9.97 Å². The van der Waals surface area contributed by atoms with Gasteiger partial charge in [0.25, 0.3) is 0 Å². The zero-order valence-corrected chi connectivity index (χ0v) is 14.1. The van der Waals surface area contributed by atoms with Crippen molar-refractivity contribution >= 4 is 44.3 Å². The highest BCUT2D eigenvalue weighted by Crippen LogP contribution is 2.33. The fraction of sp³-hybridized carbons (Fsp3) is 0.294. The molecule has 0 bridgehead atoms. The second kappa shape index (κ2) is 5.82. The molecule has 5 heteroatoms. The zero-order valence-electron chi connectivity index (χ0n) is 12.5. The van der Waals surface area contributed by atoms with Gasteiger partial charge in [0.05, 0.1) is 5.39 Å². The van der Waals surface area contributed by atoms with Gasteiger partial charge >= 0.3 is 0 Å². The van der Waals surface area contributed by atoms with Crippen LogP contribution in [0.5, 0.6) is 0 Å². The van der Waals surface area contributed by atoms with Crippen LogP contribution in [0.25, 0.3) is 15.8 Å². The molecular weight excluding hydrogens is 310 g/mol. The van der Waals surface area contributed by atoms with Crippen molar-refractivity contribution < 1.29 is 0 Å². The number of anilines is 1. The van der Waals surface area contributed by atoms with E-state index < -0.39 is 0 Å². The van der Waals surface area contributed by atoms with E-state index in [0.29, 0.717) is 0 Å². The second-order valence-electron chi connectivity index (χ2n) is 5.39. The average molecular weight is 327 g/mol. The number of hydrogen-bond acceptors (Lipinski definition) is 5. The third-order valence-corrected chi connectivity index (χ3v) is 6.19. The first-order valence-electron chi connectivity index (χ1n) is 7.56. The van der Waals surface area contributed by atoms with Gasteiger partial charge in [0.2, 0.25) is 0 Å². The van der Waals surface area contributed by atoms with Crippen LogP contribution in [0.4, 0.5) is 5.82 Å². The molecule has 0 fully saturated rings. The second-order valence-corrected chi connectivity index (χ2v) is 7.45. The lowest BCUT2D eigenvalue weighted by atomic mass is 10.1. The minimum absolute atomic E-state index is 0.927. The van der Waals surface area contributed by atoms with E-state index in [9.17, 15) is 0 Å². The molecule has 0 aromatic carbocycles. The van der Waals surface area contributed by atoms with E-state index in [1.54, 1.807) is 17.7 Å². The summed E-state index contributed by atoms with van der Waals surface area (Å²) in [7, 11) is 0. The molecule has 0 unspecified atom stereocenters. The molecule has 3 aromatic heterocycles. The fourth-order valence-corrected chi connectivity index (χ4v) is 4.59. The summed E-state index contributed by atoms with van der Waals surface area (Å²) in [6.07, 6.45) is 6.18. The minimum atomic E-state index is 0.927. The van der Waals surface area contributed by atoms with Gasteiger partial charge in [-0.3, -0.25) is 0 Å². The summed E-state index contributed by atoms with van der Waals surface area (Å²) in [5.41, 5.74) is 1.47. The van der Waals surface area contributed by atoms with E-state index >= 15 is 0 Å². The normalized spacial score (nSPS) is 15.3. The largest absolute Gasteiger partial charge is 0.352 e. The summed E-state index contributed by atoms with van der Waals surface area (Å²) >= 11 is 3.61. The molecule has 3 nitrogen and oxygen atoms in total. The lowest BCUT2D eigenvalue weighted by molar-refractivity contribution is 0.820. The van der Waals surface area contributed by atoms with Gasteiger partial charge in [-0.2, -0.15) is 0 Å². The van der Waals surface area contributed by atoms with E-state index in [1.807, 2.05) is 11.3 Å². The Kier molecular flexibility index (Phi) is 3.68. The van der Waals surface area contributed by atoms with Gasteiger partial charge < -0.3 is 4.90 Å². The summed E-state index contributed by atoms with van der Waals surface area (Å²) in [5.74, 6) is 1.09. The molecule has 1 aliphatic heterocycles. The van der Waals surface area contributed by atoms with Gasteiger partial charge in [-0.25, -0.2) is 9.97 Å². The molecule has 4 rings (SSSR count). The van der Waals surface area contributed by atoms with Gasteiger partial charge in [-0.05, 0) is 35.9 Å². The van der Waals surface area contributed by atoms with Crippen LogP contribution in [0, 0.1) is 0 Å². The van der Waals surface area contributed by atoms with Crippen LogP contribution in [-0.4, -0.2) is 23.1 Å². The third-order valence-electron chi connectivity index (χ3n) is 4.05.